The van der Waals surface area contributed by atoms with Crippen LogP contribution >= 0.6 is 0 Å². The van der Waals surface area contributed by atoms with Crippen LogP contribution in [0.15, 0.2) is 12.3 Å². The number of aromatic nitrogens is 6. The van der Waals surface area contributed by atoms with Gasteiger partial charge in [-0.2, -0.15) is 9.90 Å². The largest absolute Gasteiger partial charge is 0.270 e. The summed E-state index contributed by atoms with van der Waals surface area (Å²) in [5.41, 5.74) is 0.796. The molecular formula is C12H20N6O2S. The molecule has 0 radical (unpaired) electrons. The lowest BCUT2D eigenvalue weighted by atomic mass is 10.2. The molecule has 0 saturated heterocycles. The lowest BCUT2D eigenvalue weighted by Crippen LogP contribution is -2.29. The molecule has 0 fully saturated rings. The van der Waals surface area contributed by atoms with Crippen molar-refractivity contribution in [1.82, 2.24) is 30.0 Å². The molecule has 0 aromatic carbocycles. The van der Waals surface area contributed by atoms with Gasteiger partial charge in [-0.3, -0.25) is 4.68 Å². The summed E-state index contributed by atoms with van der Waals surface area (Å²) in [4.78, 5) is 1.36. The molecular weight excluding hydrogens is 292 g/mol. The summed E-state index contributed by atoms with van der Waals surface area (Å²) in [6.45, 7) is 7.56. The van der Waals surface area contributed by atoms with Gasteiger partial charge in [-0.15, -0.1) is 10.2 Å². The van der Waals surface area contributed by atoms with E-state index in [-0.39, 0.29) is 11.9 Å². The third-order valence-corrected chi connectivity index (χ3v) is 5.45. The van der Waals surface area contributed by atoms with Gasteiger partial charge in [0, 0.05) is 18.5 Å². The zero-order valence-electron chi connectivity index (χ0n) is 12.8. The fourth-order valence-corrected chi connectivity index (χ4v) is 2.02. The van der Waals surface area contributed by atoms with Crippen LogP contribution in [0, 0.1) is 0 Å². The summed E-state index contributed by atoms with van der Waals surface area (Å²) in [5.74, 6) is 0.188. The summed E-state index contributed by atoms with van der Waals surface area (Å²) in [5, 5.41) is 16.3. The van der Waals surface area contributed by atoms with Crippen LogP contribution in [-0.2, 0) is 21.1 Å². The van der Waals surface area contributed by atoms with Crippen LogP contribution < -0.4 is 0 Å². The van der Waals surface area contributed by atoms with Crippen molar-refractivity contribution in [3.8, 4) is 0 Å². The summed E-state index contributed by atoms with van der Waals surface area (Å²) in [6, 6.07) is 2.16. The number of sulfone groups is 1. The van der Waals surface area contributed by atoms with Gasteiger partial charge in [0.2, 0.25) is 0 Å². The molecule has 21 heavy (non-hydrogen) atoms. The quantitative estimate of drug-likeness (QED) is 0.809. The van der Waals surface area contributed by atoms with Gasteiger partial charge in [0.15, 0.2) is 15.7 Å². The van der Waals surface area contributed by atoms with Gasteiger partial charge < -0.3 is 0 Å². The molecule has 0 saturated carbocycles. The van der Waals surface area contributed by atoms with E-state index in [1.54, 1.807) is 13.8 Å². The van der Waals surface area contributed by atoms with Gasteiger partial charge in [0.25, 0.3) is 0 Å². The molecule has 2 rings (SSSR count). The highest BCUT2D eigenvalue weighted by molar-refractivity contribution is 7.91. The van der Waals surface area contributed by atoms with Crippen molar-refractivity contribution in [1.29, 1.82) is 0 Å². The highest BCUT2D eigenvalue weighted by atomic mass is 32.2. The van der Waals surface area contributed by atoms with Crippen molar-refractivity contribution < 1.29 is 8.42 Å². The van der Waals surface area contributed by atoms with Crippen molar-refractivity contribution in [3.63, 3.8) is 0 Å². The fourth-order valence-electron chi connectivity index (χ4n) is 1.61. The Labute approximate surface area is 124 Å². The van der Waals surface area contributed by atoms with Gasteiger partial charge in [-0.05, 0) is 39.0 Å². The van der Waals surface area contributed by atoms with Crippen molar-refractivity contribution in [2.75, 3.05) is 6.26 Å². The SMILES string of the molecule is CC(C)n1ccc(Cn2nnc(C(C)(C)S(C)(=O)=O)n2)n1. The Balaban J connectivity index is 2.20. The zero-order valence-corrected chi connectivity index (χ0v) is 13.7. The van der Waals surface area contributed by atoms with E-state index in [4.69, 9.17) is 0 Å². The molecule has 0 bridgehead atoms. The smallest absolute Gasteiger partial charge is 0.195 e. The second-order valence-electron chi connectivity index (χ2n) is 5.81. The van der Waals surface area contributed by atoms with Gasteiger partial charge in [-0.25, -0.2) is 8.42 Å². The monoisotopic (exact) mass is 312 g/mol. The molecule has 0 aliphatic rings. The normalized spacial score (nSPS) is 13.0. The van der Waals surface area contributed by atoms with Crippen LogP contribution in [0.5, 0.6) is 0 Å². The topological polar surface area (TPSA) is 95.6 Å². The predicted molar refractivity (Wildman–Crippen MR) is 77.4 cm³/mol. The van der Waals surface area contributed by atoms with E-state index in [1.165, 1.54) is 4.80 Å². The Morgan fingerprint density at radius 3 is 2.48 bits per heavy atom. The summed E-state index contributed by atoms with van der Waals surface area (Å²) in [7, 11) is -3.32. The van der Waals surface area contributed by atoms with Crippen LogP contribution in [-0.4, -0.2) is 44.7 Å². The second-order valence-corrected chi connectivity index (χ2v) is 8.37. The highest BCUT2D eigenvalue weighted by Crippen LogP contribution is 2.24. The molecule has 0 aliphatic carbocycles. The number of rotatable bonds is 5. The summed E-state index contributed by atoms with van der Waals surface area (Å²) in [6.07, 6.45) is 3.05. The molecule has 0 spiro atoms. The van der Waals surface area contributed by atoms with Crippen molar-refractivity contribution in [2.24, 2.45) is 0 Å². The molecule has 0 aliphatic heterocycles. The van der Waals surface area contributed by atoms with Crippen LogP contribution in [0.1, 0.15) is 45.3 Å². The summed E-state index contributed by atoms with van der Waals surface area (Å²) >= 11 is 0. The van der Waals surface area contributed by atoms with E-state index < -0.39 is 14.6 Å². The van der Waals surface area contributed by atoms with Gasteiger partial charge >= 0.3 is 0 Å². The number of nitrogens with zero attached hydrogens (tertiary/aromatic N) is 6. The third-order valence-electron chi connectivity index (χ3n) is 3.41. The van der Waals surface area contributed by atoms with Crippen LogP contribution in [0.2, 0.25) is 0 Å². The first-order valence-corrected chi connectivity index (χ1v) is 8.52. The van der Waals surface area contributed by atoms with E-state index in [0.29, 0.717) is 6.54 Å². The van der Waals surface area contributed by atoms with Crippen molar-refractivity contribution >= 4 is 9.84 Å². The standard InChI is InChI=1S/C12H20N6O2S/c1-9(2)17-7-6-10(14-17)8-18-15-11(13-16-18)12(3,4)21(5,19)20/h6-7,9H,8H2,1-5H3. The average Bonchev–Trinajstić information content (AvgIpc) is 2.97. The first-order valence-electron chi connectivity index (χ1n) is 6.63. The maximum atomic E-state index is 11.8. The van der Waals surface area contributed by atoms with Crippen LogP contribution in [0.25, 0.3) is 0 Å². The first kappa shape index (κ1) is 15.6. The van der Waals surface area contributed by atoms with Gasteiger partial charge in [0.1, 0.15) is 11.3 Å². The molecule has 2 heterocycles. The minimum atomic E-state index is -3.32. The lowest BCUT2D eigenvalue weighted by Gasteiger charge is -2.17. The molecule has 0 N–H and O–H groups in total. The lowest BCUT2D eigenvalue weighted by molar-refractivity contribution is 0.506. The van der Waals surface area contributed by atoms with E-state index in [1.807, 2.05) is 30.8 Å². The van der Waals surface area contributed by atoms with Crippen molar-refractivity contribution in [2.45, 2.75) is 45.0 Å². The molecule has 9 heteroatoms. The Hall–Kier alpha value is -1.77. The molecule has 8 nitrogen and oxygen atoms in total. The Morgan fingerprint density at radius 1 is 1.29 bits per heavy atom. The number of hydrogen-bond donors (Lipinski definition) is 0. The van der Waals surface area contributed by atoms with Crippen LogP contribution in [0.4, 0.5) is 0 Å². The van der Waals surface area contributed by atoms with E-state index in [9.17, 15) is 8.42 Å². The minimum absolute atomic E-state index is 0.188. The van der Waals surface area contributed by atoms with E-state index in [2.05, 4.69) is 20.5 Å². The second kappa shape index (κ2) is 5.21. The van der Waals surface area contributed by atoms with Crippen molar-refractivity contribution in [3.05, 3.63) is 23.8 Å². The zero-order chi connectivity index (χ0) is 15.8. The maximum Gasteiger partial charge on any atom is 0.195 e. The average molecular weight is 312 g/mol. The molecule has 2 aromatic rings. The number of hydrogen-bond acceptors (Lipinski definition) is 6. The highest BCUT2D eigenvalue weighted by Gasteiger charge is 2.37. The van der Waals surface area contributed by atoms with Gasteiger partial charge in [0.05, 0.1) is 5.69 Å². The molecule has 0 amide bonds. The minimum Gasteiger partial charge on any atom is -0.270 e. The molecule has 116 valence electrons. The Morgan fingerprint density at radius 2 is 1.95 bits per heavy atom. The van der Waals surface area contributed by atoms with Crippen LogP contribution in [0.3, 0.4) is 0 Å². The molecule has 0 atom stereocenters. The van der Waals surface area contributed by atoms with E-state index >= 15 is 0 Å². The predicted octanol–water partition coefficient (Wildman–Crippen LogP) is 0.778. The number of tetrazole rings is 1. The van der Waals surface area contributed by atoms with E-state index in [0.717, 1.165) is 11.9 Å². The Bertz CT molecular complexity index is 729. The fraction of sp³-hybridized carbons (Fsp3) is 0.667. The maximum absolute atomic E-state index is 11.8. The Kier molecular flexibility index (Phi) is 3.87. The summed E-state index contributed by atoms with van der Waals surface area (Å²) < 4.78 is 24.2. The molecule has 2 aromatic heterocycles. The third kappa shape index (κ3) is 3.12. The molecule has 0 unspecified atom stereocenters. The van der Waals surface area contributed by atoms with Gasteiger partial charge in [-0.1, -0.05) is 0 Å². The first-order chi connectivity index (χ1) is 9.61.